The minimum absolute atomic E-state index is 0.164. The maximum absolute atomic E-state index is 13.6. The van der Waals surface area contributed by atoms with Gasteiger partial charge in [-0.15, -0.1) is 0 Å². The molecule has 0 saturated carbocycles. The molecule has 176 valence electrons. The third-order valence-electron chi connectivity index (χ3n) is 5.54. The molecule has 2 aromatic rings. The third-order valence-corrected chi connectivity index (χ3v) is 5.54. The number of nitrogens with one attached hydrogen (secondary N) is 1. The Labute approximate surface area is 191 Å². The van der Waals surface area contributed by atoms with Crippen LogP contribution in [-0.4, -0.2) is 50.2 Å². The highest BCUT2D eigenvalue weighted by Crippen LogP contribution is 2.32. The van der Waals surface area contributed by atoms with Crippen LogP contribution in [0.5, 0.6) is 5.75 Å². The molecule has 2 aromatic carbocycles. The van der Waals surface area contributed by atoms with E-state index < -0.39 is 23.4 Å². The molecular formula is C24H27FN2O6. The Bertz CT molecular complexity index is 1030. The zero-order valence-electron chi connectivity index (χ0n) is 18.9. The first-order valence-corrected chi connectivity index (χ1v) is 10.6. The Morgan fingerprint density at radius 2 is 1.88 bits per heavy atom. The molecule has 0 aliphatic carbocycles. The lowest BCUT2D eigenvalue weighted by Gasteiger charge is -2.35. The first kappa shape index (κ1) is 24.0. The van der Waals surface area contributed by atoms with Crippen molar-refractivity contribution in [2.24, 2.45) is 0 Å². The lowest BCUT2D eigenvalue weighted by molar-refractivity contribution is -0.149. The molecule has 2 amide bonds. The lowest BCUT2D eigenvalue weighted by Crippen LogP contribution is -2.59. The van der Waals surface area contributed by atoms with Crippen molar-refractivity contribution in [3.63, 3.8) is 0 Å². The maximum atomic E-state index is 13.6. The largest absolute Gasteiger partial charge is 0.497 e. The van der Waals surface area contributed by atoms with E-state index in [4.69, 9.17) is 14.2 Å². The minimum atomic E-state index is -1.81. The van der Waals surface area contributed by atoms with Crippen LogP contribution in [0.3, 0.4) is 0 Å². The second-order valence-electron chi connectivity index (χ2n) is 7.70. The number of fused-ring (bicyclic) bond motifs is 1. The highest BCUT2D eigenvalue weighted by atomic mass is 19.1. The van der Waals surface area contributed by atoms with Gasteiger partial charge in [0.2, 0.25) is 0 Å². The Balaban J connectivity index is 1.98. The first-order valence-electron chi connectivity index (χ1n) is 10.6. The van der Waals surface area contributed by atoms with Gasteiger partial charge in [-0.2, -0.15) is 0 Å². The van der Waals surface area contributed by atoms with Gasteiger partial charge in [0.25, 0.3) is 5.91 Å². The number of rotatable bonds is 9. The summed E-state index contributed by atoms with van der Waals surface area (Å²) in [5, 5.41) is 2.60. The van der Waals surface area contributed by atoms with Gasteiger partial charge in [0, 0.05) is 12.1 Å². The SMILES string of the molecule is CCCCOC(=O)NC(CN1Cc2ccc(OC)cc2C1=O)(C(=O)OC)c1ccc(F)cc1. The molecule has 9 heteroatoms. The molecule has 33 heavy (non-hydrogen) atoms. The van der Waals surface area contributed by atoms with Crippen LogP contribution in [-0.2, 0) is 26.4 Å². The van der Waals surface area contributed by atoms with Crippen molar-refractivity contribution in [3.05, 3.63) is 65.0 Å². The quantitative estimate of drug-likeness (QED) is 0.457. The molecule has 1 heterocycles. The van der Waals surface area contributed by atoms with Crippen molar-refractivity contribution in [1.29, 1.82) is 0 Å². The predicted octanol–water partition coefficient (Wildman–Crippen LogP) is 3.38. The standard InChI is InChI=1S/C24H27FN2O6/c1-4-5-12-33-23(30)26-24(22(29)32-3,17-7-9-18(25)10-8-17)15-27-14-16-6-11-19(31-2)13-20(16)21(27)28/h6-11,13H,4-5,12,14-15H2,1-3H3,(H,26,30). The predicted molar refractivity (Wildman–Crippen MR) is 117 cm³/mol. The van der Waals surface area contributed by atoms with Crippen LogP contribution in [0.15, 0.2) is 42.5 Å². The fraction of sp³-hybridized carbons (Fsp3) is 0.375. The summed E-state index contributed by atoms with van der Waals surface area (Å²) in [6.45, 7) is 2.08. The summed E-state index contributed by atoms with van der Waals surface area (Å²) in [7, 11) is 2.68. The van der Waals surface area contributed by atoms with E-state index in [0.29, 0.717) is 17.7 Å². The highest BCUT2D eigenvalue weighted by Gasteiger charge is 2.47. The number of nitrogens with zero attached hydrogens (tertiary/aromatic N) is 1. The Hall–Kier alpha value is -3.62. The fourth-order valence-corrected chi connectivity index (χ4v) is 3.75. The molecule has 1 N–H and O–H groups in total. The molecule has 0 fully saturated rings. The summed E-state index contributed by atoms with van der Waals surface area (Å²) in [4.78, 5) is 40.3. The summed E-state index contributed by atoms with van der Waals surface area (Å²) in [6.07, 6.45) is 0.623. The van der Waals surface area contributed by atoms with Gasteiger partial charge < -0.3 is 19.1 Å². The van der Waals surface area contributed by atoms with Crippen molar-refractivity contribution >= 4 is 18.0 Å². The van der Waals surface area contributed by atoms with Gasteiger partial charge >= 0.3 is 12.1 Å². The van der Waals surface area contributed by atoms with E-state index in [9.17, 15) is 18.8 Å². The molecule has 0 saturated heterocycles. The number of carbonyl (C=O) groups is 3. The highest BCUT2D eigenvalue weighted by molar-refractivity contribution is 5.99. The molecule has 0 radical (unpaired) electrons. The van der Waals surface area contributed by atoms with E-state index in [1.165, 1.54) is 43.4 Å². The summed E-state index contributed by atoms with van der Waals surface area (Å²) in [6, 6.07) is 10.2. The van der Waals surface area contributed by atoms with Gasteiger partial charge in [-0.25, -0.2) is 14.0 Å². The smallest absolute Gasteiger partial charge is 0.408 e. The number of amides is 2. The van der Waals surface area contributed by atoms with Crippen LogP contribution in [0.2, 0.25) is 0 Å². The van der Waals surface area contributed by atoms with Crippen molar-refractivity contribution < 1.29 is 33.0 Å². The number of ether oxygens (including phenoxy) is 3. The van der Waals surface area contributed by atoms with E-state index >= 15 is 0 Å². The summed E-state index contributed by atoms with van der Waals surface area (Å²) >= 11 is 0. The van der Waals surface area contributed by atoms with Crippen molar-refractivity contribution in [1.82, 2.24) is 10.2 Å². The van der Waals surface area contributed by atoms with Crippen LogP contribution < -0.4 is 10.1 Å². The number of hydrogen-bond acceptors (Lipinski definition) is 6. The van der Waals surface area contributed by atoms with E-state index in [1.807, 2.05) is 6.92 Å². The van der Waals surface area contributed by atoms with Crippen LogP contribution in [0.4, 0.5) is 9.18 Å². The molecule has 8 nitrogen and oxygen atoms in total. The van der Waals surface area contributed by atoms with E-state index in [2.05, 4.69) is 5.32 Å². The average Bonchev–Trinajstić information content (AvgIpc) is 3.12. The fourth-order valence-electron chi connectivity index (χ4n) is 3.75. The molecule has 0 spiro atoms. The average molecular weight is 458 g/mol. The van der Waals surface area contributed by atoms with Crippen LogP contribution in [0.1, 0.15) is 41.3 Å². The Morgan fingerprint density at radius 3 is 2.52 bits per heavy atom. The van der Waals surface area contributed by atoms with Gasteiger partial charge in [-0.1, -0.05) is 31.5 Å². The van der Waals surface area contributed by atoms with E-state index in [0.717, 1.165) is 12.0 Å². The summed E-state index contributed by atoms with van der Waals surface area (Å²) in [5.41, 5.74) is -0.362. The number of hydrogen-bond donors (Lipinski definition) is 1. The van der Waals surface area contributed by atoms with Crippen LogP contribution in [0, 0.1) is 5.82 Å². The molecule has 1 aliphatic heterocycles. The van der Waals surface area contributed by atoms with Crippen molar-refractivity contribution in [3.8, 4) is 5.75 Å². The maximum Gasteiger partial charge on any atom is 0.408 e. The molecular weight excluding hydrogens is 431 g/mol. The van der Waals surface area contributed by atoms with Gasteiger partial charge in [-0.05, 0) is 41.8 Å². The van der Waals surface area contributed by atoms with Crippen molar-refractivity contribution in [2.45, 2.75) is 31.8 Å². The van der Waals surface area contributed by atoms with E-state index in [1.54, 1.807) is 18.2 Å². The molecule has 1 atom stereocenters. The van der Waals surface area contributed by atoms with E-state index in [-0.39, 0.29) is 31.2 Å². The zero-order chi connectivity index (χ0) is 24.0. The number of benzene rings is 2. The molecule has 1 unspecified atom stereocenters. The first-order chi connectivity index (χ1) is 15.8. The van der Waals surface area contributed by atoms with Crippen molar-refractivity contribution in [2.75, 3.05) is 27.4 Å². The number of methoxy groups -OCH3 is 2. The normalized spacial score (nSPS) is 14.3. The second kappa shape index (κ2) is 10.3. The zero-order valence-corrected chi connectivity index (χ0v) is 18.9. The van der Waals surface area contributed by atoms with Crippen LogP contribution >= 0.6 is 0 Å². The summed E-state index contributed by atoms with van der Waals surface area (Å²) in [5.74, 6) is -1.14. The summed E-state index contributed by atoms with van der Waals surface area (Å²) < 4.78 is 29.1. The number of alkyl carbamates (subject to hydrolysis) is 1. The Morgan fingerprint density at radius 1 is 1.15 bits per heavy atom. The Kier molecular flexibility index (Phi) is 7.52. The van der Waals surface area contributed by atoms with Gasteiger partial charge in [0.15, 0.2) is 5.54 Å². The van der Waals surface area contributed by atoms with Gasteiger partial charge in [-0.3, -0.25) is 10.1 Å². The van der Waals surface area contributed by atoms with Crippen LogP contribution in [0.25, 0.3) is 0 Å². The molecule has 0 aromatic heterocycles. The van der Waals surface area contributed by atoms with Gasteiger partial charge in [0.05, 0.1) is 27.4 Å². The number of unbranched alkanes of at least 4 members (excludes halogenated alkanes) is 1. The molecule has 0 bridgehead atoms. The minimum Gasteiger partial charge on any atom is -0.497 e. The molecule has 1 aliphatic rings. The number of halogens is 1. The third kappa shape index (κ3) is 5.08. The molecule has 3 rings (SSSR count). The second-order valence-corrected chi connectivity index (χ2v) is 7.70. The number of esters is 1. The monoisotopic (exact) mass is 458 g/mol. The topological polar surface area (TPSA) is 94.2 Å². The number of carbonyl (C=O) groups excluding carboxylic acids is 3. The lowest BCUT2D eigenvalue weighted by atomic mass is 9.89. The van der Waals surface area contributed by atoms with Gasteiger partial charge in [0.1, 0.15) is 11.6 Å².